The van der Waals surface area contributed by atoms with Crippen LogP contribution in [0, 0.1) is 0 Å². The van der Waals surface area contributed by atoms with E-state index in [-0.39, 0.29) is 23.7 Å². The number of pyridine rings is 1. The molecule has 1 aliphatic rings. The van der Waals surface area contributed by atoms with E-state index in [4.69, 9.17) is 4.74 Å². The lowest BCUT2D eigenvalue weighted by Gasteiger charge is -2.35. The van der Waals surface area contributed by atoms with Gasteiger partial charge in [0, 0.05) is 30.1 Å². The number of nitrogens with one attached hydrogen (secondary N) is 1. The number of H-pyrrole nitrogens is 1. The second kappa shape index (κ2) is 5.33. The number of amides is 1. The minimum atomic E-state index is -0.258. The number of aromatic nitrogens is 1. The largest absolute Gasteiger partial charge is 0.372 e. The van der Waals surface area contributed by atoms with Crippen molar-refractivity contribution in [1.82, 2.24) is 9.88 Å². The number of benzene rings is 1. The summed E-state index contributed by atoms with van der Waals surface area (Å²) in [6, 6.07) is 8.74. The molecular weight excluding hydrogens is 268 g/mol. The van der Waals surface area contributed by atoms with E-state index in [2.05, 4.69) is 4.98 Å². The topological polar surface area (TPSA) is 62.4 Å². The summed E-state index contributed by atoms with van der Waals surface area (Å²) >= 11 is 0. The molecular formula is C16H18N2O3. The lowest BCUT2D eigenvalue weighted by molar-refractivity contribution is -0.0585. The molecule has 0 aliphatic carbocycles. The number of para-hydroxylation sites is 1. The molecule has 21 heavy (non-hydrogen) atoms. The first-order chi connectivity index (χ1) is 10.0. The van der Waals surface area contributed by atoms with Crippen molar-refractivity contribution in [2.45, 2.75) is 26.1 Å². The zero-order chi connectivity index (χ0) is 15.0. The van der Waals surface area contributed by atoms with Crippen molar-refractivity contribution in [2.75, 3.05) is 13.1 Å². The van der Waals surface area contributed by atoms with Crippen molar-refractivity contribution in [3.05, 3.63) is 46.2 Å². The Hall–Kier alpha value is -2.14. The van der Waals surface area contributed by atoms with Gasteiger partial charge in [0.15, 0.2) is 0 Å². The highest BCUT2D eigenvalue weighted by Crippen LogP contribution is 2.19. The van der Waals surface area contributed by atoms with Gasteiger partial charge in [0.05, 0.1) is 17.8 Å². The first kappa shape index (κ1) is 13.8. The van der Waals surface area contributed by atoms with Crippen LogP contribution in [0.4, 0.5) is 0 Å². The van der Waals surface area contributed by atoms with Gasteiger partial charge in [0.2, 0.25) is 5.56 Å². The number of morpholine rings is 1. The van der Waals surface area contributed by atoms with Crippen molar-refractivity contribution in [3.63, 3.8) is 0 Å². The fraction of sp³-hybridized carbons (Fsp3) is 0.375. The Balaban J connectivity index is 2.03. The number of rotatable bonds is 1. The minimum absolute atomic E-state index is 0.00552. The van der Waals surface area contributed by atoms with E-state index in [0.29, 0.717) is 24.2 Å². The normalized spacial score (nSPS) is 22.5. The van der Waals surface area contributed by atoms with Crippen molar-refractivity contribution in [3.8, 4) is 0 Å². The van der Waals surface area contributed by atoms with E-state index < -0.39 is 0 Å². The Morgan fingerprint density at radius 3 is 2.62 bits per heavy atom. The van der Waals surface area contributed by atoms with E-state index in [9.17, 15) is 9.59 Å². The predicted molar refractivity (Wildman–Crippen MR) is 80.5 cm³/mol. The molecule has 2 aromatic rings. The maximum atomic E-state index is 12.8. The number of aromatic amines is 1. The van der Waals surface area contributed by atoms with Gasteiger partial charge in [-0.2, -0.15) is 0 Å². The highest BCUT2D eigenvalue weighted by atomic mass is 16.5. The van der Waals surface area contributed by atoms with E-state index in [1.807, 2.05) is 32.0 Å². The fourth-order valence-corrected chi connectivity index (χ4v) is 2.90. The molecule has 2 heterocycles. The van der Waals surface area contributed by atoms with Gasteiger partial charge in [-0.15, -0.1) is 0 Å². The molecule has 1 saturated heterocycles. The molecule has 3 rings (SSSR count). The summed E-state index contributed by atoms with van der Waals surface area (Å²) in [5, 5.41) is 0.772. The lowest BCUT2D eigenvalue weighted by Crippen LogP contribution is -2.48. The molecule has 1 N–H and O–H groups in total. The van der Waals surface area contributed by atoms with E-state index in [1.54, 1.807) is 11.0 Å². The van der Waals surface area contributed by atoms with Crippen LogP contribution >= 0.6 is 0 Å². The predicted octanol–water partition coefficient (Wildman–Crippen LogP) is 1.78. The third-order valence-electron chi connectivity index (χ3n) is 3.69. The summed E-state index contributed by atoms with van der Waals surface area (Å²) in [6.07, 6.45) is 0.0110. The zero-order valence-electron chi connectivity index (χ0n) is 12.1. The maximum Gasteiger partial charge on any atom is 0.254 e. The molecule has 2 atom stereocenters. The monoisotopic (exact) mass is 286 g/mol. The molecule has 1 aromatic heterocycles. The van der Waals surface area contributed by atoms with Crippen LogP contribution < -0.4 is 5.56 Å². The van der Waals surface area contributed by atoms with Crippen molar-refractivity contribution < 1.29 is 9.53 Å². The molecule has 0 saturated carbocycles. The summed E-state index contributed by atoms with van der Waals surface area (Å²) < 4.78 is 5.65. The SMILES string of the molecule is C[C@@H]1CN(C(=O)c2cc(=O)[nH]c3ccccc23)C[C@H](C)O1. The standard InChI is InChI=1S/C16H18N2O3/c1-10-8-18(9-11(2)21-10)16(20)13-7-15(19)17-14-6-4-3-5-12(13)14/h3-7,10-11H,8-9H2,1-2H3,(H,17,19)/t10-,11+. The molecule has 1 aromatic carbocycles. The third-order valence-corrected chi connectivity index (χ3v) is 3.69. The Bertz CT molecular complexity index is 728. The second-order valence-corrected chi connectivity index (χ2v) is 5.56. The molecule has 0 spiro atoms. The van der Waals surface area contributed by atoms with Gasteiger partial charge in [0.1, 0.15) is 0 Å². The van der Waals surface area contributed by atoms with Gasteiger partial charge in [-0.05, 0) is 19.9 Å². The summed E-state index contributed by atoms with van der Waals surface area (Å²) in [6.45, 7) is 4.99. The van der Waals surface area contributed by atoms with Crippen LogP contribution in [-0.2, 0) is 4.74 Å². The fourth-order valence-electron chi connectivity index (χ4n) is 2.90. The molecule has 5 nitrogen and oxygen atoms in total. The summed E-state index contributed by atoms with van der Waals surface area (Å²) in [7, 11) is 0. The van der Waals surface area contributed by atoms with E-state index in [1.165, 1.54) is 6.07 Å². The van der Waals surface area contributed by atoms with Crippen LogP contribution in [0.25, 0.3) is 10.9 Å². The minimum Gasteiger partial charge on any atom is -0.372 e. The number of nitrogens with zero attached hydrogens (tertiary/aromatic N) is 1. The highest BCUT2D eigenvalue weighted by Gasteiger charge is 2.27. The first-order valence-electron chi connectivity index (χ1n) is 7.11. The van der Waals surface area contributed by atoms with Crippen LogP contribution in [0.1, 0.15) is 24.2 Å². The van der Waals surface area contributed by atoms with Gasteiger partial charge < -0.3 is 14.6 Å². The first-order valence-corrected chi connectivity index (χ1v) is 7.11. The molecule has 110 valence electrons. The molecule has 1 fully saturated rings. The van der Waals surface area contributed by atoms with Crippen LogP contribution in [0.15, 0.2) is 35.1 Å². The van der Waals surface area contributed by atoms with Crippen molar-refractivity contribution >= 4 is 16.8 Å². The second-order valence-electron chi connectivity index (χ2n) is 5.56. The van der Waals surface area contributed by atoms with Gasteiger partial charge in [-0.1, -0.05) is 18.2 Å². The van der Waals surface area contributed by atoms with E-state index in [0.717, 1.165) is 5.39 Å². The molecule has 0 radical (unpaired) electrons. The van der Waals surface area contributed by atoms with Crippen LogP contribution in [0.3, 0.4) is 0 Å². The number of fused-ring (bicyclic) bond motifs is 1. The Kier molecular flexibility index (Phi) is 3.51. The number of hydrogen-bond acceptors (Lipinski definition) is 3. The van der Waals surface area contributed by atoms with Gasteiger partial charge in [-0.25, -0.2) is 0 Å². The number of carbonyl (C=O) groups is 1. The number of hydrogen-bond donors (Lipinski definition) is 1. The van der Waals surface area contributed by atoms with Crippen molar-refractivity contribution in [1.29, 1.82) is 0 Å². The summed E-state index contributed by atoms with van der Waals surface area (Å²) in [4.78, 5) is 29.1. The Labute approximate surface area is 122 Å². The smallest absolute Gasteiger partial charge is 0.254 e. The van der Waals surface area contributed by atoms with Crippen LogP contribution in [-0.4, -0.2) is 41.1 Å². The molecule has 0 bridgehead atoms. The molecule has 0 unspecified atom stereocenters. The quantitative estimate of drug-likeness (QED) is 0.869. The zero-order valence-corrected chi connectivity index (χ0v) is 12.1. The average molecular weight is 286 g/mol. The summed E-state index contributed by atoms with van der Waals surface area (Å²) in [5.74, 6) is -0.112. The molecule has 1 aliphatic heterocycles. The number of ether oxygens (including phenoxy) is 1. The van der Waals surface area contributed by atoms with Crippen LogP contribution in [0.2, 0.25) is 0 Å². The molecule has 5 heteroatoms. The Morgan fingerprint density at radius 2 is 1.90 bits per heavy atom. The maximum absolute atomic E-state index is 12.8. The lowest BCUT2D eigenvalue weighted by atomic mass is 10.1. The third kappa shape index (κ3) is 2.69. The van der Waals surface area contributed by atoms with Crippen molar-refractivity contribution in [2.24, 2.45) is 0 Å². The highest BCUT2D eigenvalue weighted by molar-refractivity contribution is 6.06. The van der Waals surface area contributed by atoms with Gasteiger partial charge >= 0.3 is 0 Å². The van der Waals surface area contributed by atoms with Crippen LogP contribution in [0.5, 0.6) is 0 Å². The Morgan fingerprint density at radius 1 is 1.24 bits per heavy atom. The van der Waals surface area contributed by atoms with E-state index >= 15 is 0 Å². The van der Waals surface area contributed by atoms with Gasteiger partial charge in [-0.3, -0.25) is 9.59 Å². The summed E-state index contributed by atoms with van der Waals surface area (Å²) in [5.41, 5.74) is 0.879. The molecule has 1 amide bonds. The van der Waals surface area contributed by atoms with Gasteiger partial charge in [0.25, 0.3) is 5.91 Å². The number of carbonyl (C=O) groups excluding carboxylic acids is 1. The average Bonchev–Trinajstić information content (AvgIpc) is 2.44.